The molecule has 4 saturated heterocycles. The number of nitrogens with zero attached hydrogens (tertiary/aromatic N) is 3. The Hall–Kier alpha value is -9.01. The summed E-state index contributed by atoms with van der Waals surface area (Å²) < 4.78 is 121. The van der Waals surface area contributed by atoms with E-state index in [1.807, 2.05) is 12.2 Å². The first-order chi connectivity index (χ1) is 61.3. The molecule has 8 heterocycles. The van der Waals surface area contributed by atoms with E-state index < -0.39 is 192 Å². The van der Waals surface area contributed by atoms with Crippen LogP contribution >= 0.6 is 30.8 Å². The number of carbonyl (C=O) groups is 7. The van der Waals surface area contributed by atoms with Crippen LogP contribution in [0.4, 0.5) is 0 Å². The number of aromatic amines is 3. The van der Waals surface area contributed by atoms with Crippen LogP contribution in [0.3, 0.4) is 0 Å². The van der Waals surface area contributed by atoms with Gasteiger partial charge in [0.15, 0.2) is 17.4 Å². The van der Waals surface area contributed by atoms with E-state index in [1.165, 1.54) is 78.2 Å². The molecule has 0 radical (unpaired) electrons. The number of phosphoric acid groups is 2. The monoisotopic (exact) mass is 1950 g/mol. The first-order valence-corrected chi connectivity index (χ1v) is 47.4. The maximum Gasteiger partial charge on any atom is 0.488 e. The summed E-state index contributed by atoms with van der Waals surface area (Å²) in [6.07, 6.45) is 27.8. The molecule has 0 bridgehead atoms. The number of H-pyrrole nitrogens is 3. The number of amides is 2. The lowest BCUT2D eigenvalue weighted by Crippen LogP contribution is -2.40. The summed E-state index contributed by atoms with van der Waals surface area (Å²) in [5, 5.41) is 37.7. The summed E-state index contributed by atoms with van der Waals surface area (Å²) in [6.45, 7) is 18.5. The highest BCUT2D eigenvalue weighted by Gasteiger charge is 2.59. The van der Waals surface area contributed by atoms with Crippen molar-refractivity contribution in [2.24, 2.45) is 17.8 Å². The van der Waals surface area contributed by atoms with Gasteiger partial charge < -0.3 is 106 Å². The smallest absolute Gasteiger partial charge is 0.458 e. The number of epoxide rings is 1. The van der Waals surface area contributed by atoms with E-state index in [0.29, 0.717) is 37.4 Å². The van der Waals surface area contributed by atoms with Crippen LogP contribution < -0.4 is 39.1 Å². The Labute approximate surface area is 751 Å². The van der Waals surface area contributed by atoms with Crippen molar-refractivity contribution in [1.29, 1.82) is 0 Å². The molecule has 14 N–H and O–H groups in total. The zero-order chi connectivity index (χ0) is 98.5. The van der Waals surface area contributed by atoms with E-state index in [-0.39, 0.29) is 66.7 Å². The molecule has 11 unspecified atom stereocenters. The number of allylic oxidation sites excluding steroid dienone is 6. The number of aliphatic hydroxyl groups excluding tert-OH is 3. The standard InChI is InChI=1S/C13H21N2O14P3.C13H19N2O8P.C12H16N2O5.C10H11NO3.C8H12O2.C7H10O3.C5H6O.C5H6.C4H6O3.C2H4O3/c1-13(2)26-10-7(15-4-3-9(16)14-12(15)17)5-8(11(10)27-13)25-6-30(18,19)28-32(23,24)29-31(20,21)22;1-13(2)22-10-7(15-4-3-9(16)14-12(15)17)5-8(11(10)23-13)21-6-24(18,19)20;1-12(2)18-9-6(5-7(15)10(9)19-12)14-4-3-8(16)13-11(14)17;12-7-2-1-6(5-7)8-3-4-9(13)11-10(8)14;1-6-3-4-8(5-6)10-7(2)9;1-5(8)10-7-3-2-6(9)4-7;1-2-4-5(3-1)6-4;1-2-4-5-3-1;1-3(5)7-4(2)6;1-2(3)5-4/h3-4,7-8,10-11H,5-6H2,1-2H3,(H,18,19)(H,23,24)(H,14,16,17)(H2,20,21,22);3-4,7-8,10-11H,5-6H2,1-2H3,(H,14,16,17)(H2,18,19,20);3-4,6-7,9-10,15H,5H2,1-2H3,(H,13,16,17);1-4,6-8,12H,5H2,(H,11,13,14);3-4,6,8H,5H2,1-2H3;2-3,6-7,9H,4H2,1H3;1-2,4-5H,3H2;1-4H,5H2;1-2H3;4H,1H3/t2*7-,8+,10?,11?;6-,7+,9?,10?;6-,7+,8?;6-,8+;6-,7+;;;;/m111011..../s1. The first-order valence-electron chi connectivity index (χ1n) is 40.8. The number of aromatic nitrogens is 6. The molecule has 132 heavy (non-hydrogen) atoms. The van der Waals surface area contributed by atoms with Crippen molar-refractivity contribution < 1.29 is 172 Å². The Balaban J connectivity index is 0.000000213. The molecule has 7 fully saturated rings. The van der Waals surface area contributed by atoms with Gasteiger partial charge in [0.1, 0.15) is 67.6 Å². The molecule has 13 aliphatic rings. The Morgan fingerprint density at radius 1 is 0.492 bits per heavy atom. The zero-order valence-corrected chi connectivity index (χ0v) is 77.0. The van der Waals surface area contributed by atoms with Gasteiger partial charge in [0, 0.05) is 83.9 Å². The molecule has 23 atom stereocenters. The summed E-state index contributed by atoms with van der Waals surface area (Å²) >= 11 is 0. The van der Waals surface area contributed by atoms with E-state index in [4.69, 9.17) is 82.0 Å². The summed E-state index contributed by atoms with van der Waals surface area (Å²) in [6, 6.07) is 2.11. The van der Waals surface area contributed by atoms with Gasteiger partial charge in [0.05, 0.1) is 60.7 Å². The number of fused-ring (bicyclic) bond motifs is 4. The summed E-state index contributed by atoms with van der Waals surface area (Å²) in [5.74, 6) is -5.49. The minimum atomic E-state index is -5.60. The third-order valence-electron chi connectivity index (χ3n) is 20.0. The third kappa shape index (κ3) is 36.3. The molecule has 8 aliphatic carbocycles. The van der Waals surface area contributed by atoms with Crippen LogP contribution in [-0.4, -0.2) is 242 Å². The van der Waals surface area contributed by atoms with E-state index in [9.17, 15) is 101 Å². The van der Waals surface area contributed by atoms with Crippen LogP contribution in [0.25, 0.3) is 0 Å². The highest BCUT2D eigenvalue weighted by Crippen LogP contribution is 2.66. The van der Waals surface area contributed by atoms with Crippen LogP contribution in [0.15, 0.2) is 151 Å². The Morgan fingerprint density at radius 3 is 1.25 bits per heavy atom. The van der Waals surface area contributed by atoms with Crippen LogP contribution in [-0.2, 0) is 122 Å². The van der Waals surface area contributed by atoms with Gasteiger partial charge in [-0.3, -0.25) is 86.3 Å². The average molecular weight is 1950 g/mol. The predicted molar refractivity (Wildman–Crippen MR) is 453 cm³/mol. The summed E-state index contributed by atoms with van der Waals surface area (Å²) in [4.78, 5) is 205. The van der Waals surface area contributed by atoms with Gasteiger partial charge in [-0.25, -0.2) is 32.6 Å². The molecule has 0 spiro atoms. The number of nitrogens with one attached hydrogen (secondary N) is 4. The van der Waals surface area contributed by atoms with Gasteiger partial charge in [-0.1, -0.05) is 73.8 Å². The second kappa shape index (κ2) is 47.9. The number of hydrogen-bond donors (Lipinski definition) is 14. The lowest BCUT2D eigenvalue weighted by atomic mass is 9.89. The molecule has 3 aromatic heterocycles. The van der Waals surface area contributed by atoms with Gasteiger partial charge in [0.2, 0.25) is 11.8 Å². The summed E-state index contributed by atoms with van der Waals surface area (Å²) in [5.41, 5.74) is -3.37. The molecular formula is C79H111N7O42P4. The minimum Gasteiger partial charge on any atom is -0.458 e. The maximum atomic E-state index is 12.2. The number of esters is 4. The number of imide groups is 1. The predicted octanol–water partition coefficient (Wildman–Crippen LogP) is 2.48. The van der Waals surface area contributed by atoms with Crippen molar-refractivity contribution in [1.82, 2.24) is 34.0 Å². The second-order valence-corrected chi connectivity index (χ2v) is 38.9. The number of rotatable bonds is 16. The van der Waals surface area contributed by atoms with E-state index in [0.717, 1.165) is 32.3 Å². The number of carbonyl (C=O) groups excluding carboxylic acids is 7. The highest BCUT2D eigenvalue weighted by molar-refractivity contribution is 7.68. The number of ether oxygens (including phenoxy) is 12. The van der Waals surface area contributed by atoms with Crippen molar-refractivity contribution in [2.75, 3.05) is 12.7 Å². The molecule has 3 aromatic rings. The third-order valence-corrected chi connectivity index (χ3v) is 24.5. The van der Waals surface area contributed by atoms with Gasteiger partial charge in [-0.15, -0.1) is 0 Å². The first kappa shape index (κ1) is 110. The lowest BCUT2D eigenvalue weighted by Gasteiger charge is -2.24. The fourth-order valence-electron chi connectivity index (χ4n) is 15.0. The number of hydrogen-bond acceptors (Lipinski definition) is 36. The molecule has 734 valence electrons. The fourth-order valence-corrected chi connectivity index (χ4v) is 18.8. The number of aliphatic hydroxyl groups is 3. The minimum absolute atomic E-state index is 0.00866. The topological polar surface area (TPSA) is 708 Å². The van der Waals surface area contributed by atoms with Crippen molar-refractivity contribution >= 4 is 72.5 Å². The molecule has 49 nitrogen and oxygen atoms in total. The van der Waals surface area contributed by atoms with Crippen LogP contribution in [0.1, 0.15) is 153 Å². The van der Waals surface area contributed by atoms with Crippen LogP contribution in [0, 0.1) is 17.8 Å². The molecule has 2 amide bonds. The van der Waals surface area contributed by atoms with Gasteiger partial charge in [0.25, 0.3) is 16.7 Å². The van der Waals surface area contributed by atoms with E-state index in [1.54, 1.807) is 65.8 Å². The van der Waals surface area contributed by atoms with E-state index in [2.05, 4.69) is 88.0 Å². The zero-order valence-electron chi connectivity index (χ0n) is 73.4. The Kier molecular flexibility index (Phi) is 40.0. The fraction of sp³-hybridized carbons (Fsp3) is 0.582. The van der Waals surface area contributed by atoms with Crippen LogP contribution in [0.5, 0.6) is 0 Å². The highest BCUT2D eigenvalue weighted by atomic mass is 31.3. The van der Waals surface area contributed by atoms with Crippen molar-refractivity contribution in [3.05, 3.63) is 184 Å². The van der Waals surface area contributed by atoms with Crippen molar-refractivity contribution in [3.63, 3.8) is 0 Å². The molecular weight excluding hydrogens is 1840 g/mol. The lowest BCUT2D eigenvalue weighted by molar-refractivity contribution is -0.231. The van der Waals surface area contributed by atoms with Gasteiger partial charge in [-0.2, -0.15) is 9.57 Å². The van der Waals surface area contributed by atoms with Crippen LogP contribution in [0.2, 0.25) is 0 Å². The molecule has 5 aliphatic heterocycles. The SMILES string of the molecule is C1=CC2OC2C1.C1=CCC=C1.CC(=O)OC(C)=O.CC(=O)OO.CC(=O)O[C@H]1C=C[C@@H](C)C1.CC(=O)O[C@H]1C=C[C@@H](O)C1.CC1(C)OC2C(O1)[C@@H](O)C[C@H]2n1ccc(=O)[nH]c1=O.CC1(C)OC2C(O1)[C@H](n1ccc(=O)[nH]c1=O)C[C@@H]2OCP(=O)(O)O.CC1(C)OC2C(O1)[C@H](n1ccc(=O)[nH]c1=O)C[C@@H]2OCP(=O)(O)OP(=O)(O)OP(=O)(O)O.O=C1C=CC([C@H]2C=C[C@@H](O)C2)C(=O)N1. The van der Waals surface area contributed by atoms with Gasteiger partial charge >= 0.3 is 77.8 Å². The maximum absolute atomic E-state index is 12.2. The largest absolute Gasteiger partial charge is 0.488 e. The van der Waals surface area contributed by atoms with E-state index >= 15 is 0 Å². The summed E-state index contributed by atoms with van der Waals surface area (Å²) in [7, 11) is -20.5. The second-order valence-electron chi connectivity index (χ2n) is 32.6. The van der Waals surface area contributed by atoms with Gasteiger partial charge in [-0.05, 0) is 110 Å². The Morgan fingerprint density at radius 2 is 0.917 bits per heavy atom. The molecule has 3 saturated carbocycles. The Bertz CT molecular complexity index is 5280. The quantitative estimate of drug-likeness (QED) is 0.0113. The molecule has 16 rings (SSSR count). The molecule has 53 heteroatoms. The normalized spacial score (nSPS) is 30.6. The average Bonchev–Trinajstić information content (AvgIpc) is 1.61. The van der Waals surface area contributed by atoms with Crippen molar-refractivity contribution in [3.8, 4) is 0 Å². The van der Waals surface area contributed by atoms with Crippen molar-refractivity contribution in [2.45, 2.75) is 261 Å². The molecule has 0 aromatic carbocycles.